The molecule has 0 bridgehead atoms. The van der Waals surface area contributed by atoms with Gasteiger partial charge in [0.2, 0.25) is 11.9 Å². The Morgan fingerprint density at radius 2 is 0.720 bits per heavy atom. The zero-order valence-electron chi connectivity index (χ0n) is 41.7. The van der Waals surface area contributed by atoms with Gasteiger partial charge >= 0.3 is 0 Å². The van der Waals surface area contributed by atoms with E-state index in [0.717, 1.165) is 15.3 Å². The first-order valence-corrected chi connectivity index (χ1v) is 15.5. The van der Waals surface area contributed by atoms with Crippen LogP contribution < -0.4 is 0 Å². The van der Waals surface area contributed by atoms with Crippen molar-refractivity contribution in [1.29, 1.82) is 0 Å². The second-order valence-corrected chi connectivity index (χ2v) is 11.3. The molecular formula is C45H29N5. The maximum atomic E-state index is 9.67. The van der Waals surface area contributed by atoms with Gasteiger partial charge in [0.25, 0.3) is 0 Å². The van der Waals surface area contributed by atoms with E-state index >= 15 is 0 Å². The van der Waals surface area contributed by atoms with Crippen molar-refractivity contribution in [1.82, 2.24) is 24.1 Å². The van der Waals surface area contributed by atoms with Crippen LogP contribution in [-0.4, -0.2) is 24.1 Å². The number of aromatic nitrogens is 5. The van der Waals surface area contributed by atoms with E-state index < -0.39 is 146 Å². The van der Waals surface area contributed by atoms with E-state index in [4.69, 9.17) is 25.9 Å². The topological polar surface area (TPSA) is 48.5 Å². The maximum Gasteiger partial charge on any atom is 0.240 e. The number of benzene rings is 7. The minimum absolute atomic E-state index is 0.00765. The summed E-state index contributed by atoms with van der Waals surface area (Å²) in [4.78, 5) is 14.8. The van der Waals surface area contributed by atoms with Gasteiger partial charge in [-0.15, -0.1) is 0 Å². The van der Waals surface area contributed by atoms with Gasteiger partial charge < -0.3 is 0 Å². The van der Waals surface area contributed by atoms with Gasteiger partial charge in [-0.25, -0.2) is 0 Å². The van der Waals surface area contributed by atoms with Gasteiger partial charge in [-0.05, 0) is 45.8 Å². The Hall–Kier alpha value is -6.85. The first-order valence-electron chi connectivity index (χ1n) is 23.5. The Bertz CT molecular complexity index is 3700. The van der Waals surface area contributed by atoms with Crippen molar-refractivity contribution in [3.05, 3.63) is 176 Å². The van der Waals surface area contributed by atoms with Crippen molar-refractivity contribution in [3.63, 3.8) is 0 Å². The Morgan fingerprint density at radius 3 is 1.22 bits per heavy atom. The summed E-state index contributed by atoms with van der Waals surface area (Å²) in [5.41, 5.74) is 0.453. The molecule has 0 radical (unpaired) electrons. The van der Waals surface area contributed by atoms with Crippen molar-refractivity contribution >= 4 is 65.2 Å². The van der Waals surface area contributed by atoms with Crippen molar-refractivity contribution in [2.24, 2.45) is 0 Å². The molecule has 0 saturated heterocycles. The summed E-state index contributed by atoms with van der Waals surface area (Å²) in [5, 5.41) is -2.03. The van der Waals surface area contributed by atoms with Crippen LogP contribution in [0.3, 0.4) is 0 Å². The monoisotopic (exact) mass is 655 g/mol. The molecule has 10 aromatic rings. The van der Waals surface area contributed by atoms with Crippen molar-refractivity contribution < 1.29 is 21.9 Å². The lowest BCUT2D eigenvalue weighted by atomic mass is 10.0. The molecule has 7 aromatic carbocycles. The molecule has 0 saturated carbocycles. The Labute approximate surface area is 310 Å². The fourth-order valence-electron chi connectivity index (χ4n) is 6.40. The van der Waals surface area contributed by atoms with E-state index in [0.29, 0.717) is 16.6 Å². The number of para-hydroxylation sites is 4. The van der Waals surface area contributed by atoms with Crippen LogP contribution in [0.25, 0.3) is 88.4 Å². The third-order valence-corrected chi connectivity index (χ3v) is 8.53. The van der Waals surface area contributed by atoms with E-state index in [9.17, 15) is 11.0 Å². The second kappa shape index (κ2) is 11.4. The molecule has 234 valence electrons. The molecule has 50 heavy (non-hydrogen) atoms. The van der Waals surface area contributed by atoms with Crippen LogP contribution in [0.5, 0.6) is 0 Å². The molecule has 10 rings (SSSR count). The van der Waals surface area contributed by atoms with Gasteiger partial charge in [-0.2, -0.15) is 15.0 Å². The molecular weight excluding hydrogens is 611 g/mol. The van der Waals surface area contributed by atoms with Gasteiger partial charge in [0, 0.05) is 27.1 Å². The van der Waals surface area contributed by atoms with Crippen molar-refractivity contribution in [2.75, 3.05) is 0 Å². The minimum Gasteiger partial charge on any atom is -0.278 e. The summed E-state index contributed by atoms with van der Waals surface area (Å²) in [6.07, 6.45) is 0. The second-order valence-electron chi connectivity index (χ2n) is 11.3. The summed E-state index contributed by atoms with van der Waals surface area (Å²) >= 11 is 0. The summed E-state index contributed by atoms with van der Waals surface area (Å²) < 4.78 is 150. The van der Waals surface area contributed by atoms with Gasteiger partial charge in [-0.3, -0.25) is 9.13 Å². The lowest BCUT2D eigenvalue weighted by molar-refractivity contribution is 0.891. The lowest BCUT2D eigenvalue weighted by Gasteiger charge is -2.15. The van der Waals surface area contributed by atoms with Crippen molar-refractivity contribution in [2.45, 2.75) is 0 Å². The Kier molecular flexibility index (Phi) is 3.76. The van der Waals surface area contributed by atoms with Crippen LogP contribution in [0.2, 0.25) is 0 Å². The zero-order valence-corrected chi connectivity index (χ0v) is 25.7. The number of hydrogen-bond donors (Lipinski definition) is 0. The van der Waals surface area contributed by atoms with E-state index in [1.807, 2.05) is 48.5 Å². The third kappa shape index (κ3) is 4.37. The first-order chi connectivity index (χ1) is 31.5. The average Bonchev–Trinajstić information content (AvgIpc) is 3.69. The van der Waals surface area contributed by atoms with E-state index in [1.165, 1.54) is 0 Å². The van der Waals surface area contributed by atoms with Crippen LogP contribution in [0.4, 0.5) is 0 Å². The SMILES string of the molecule is [2H]c1c([2H])c([2H])c2c(c1[2H])c1c([2H])c([2H])c([2H])c([2H])c1c1c([2H])c([2H])c([2H])c([2H])c1n(-c1nc(-c3ccccc3)nc(-n3c4ccccc4c4ccccc43)n1)c1c([2H])c([2H])c([2H])c([2H])c21. The molecule has 0 N–H and O–H groups in total. The standard InChI is InChI=1S/C45H29N5/c1-2-16-30(17-3-1)43-46-44(48-45(47-43)50-41-28-14-10-24-37(41)38-25-11-15-29-42(38)50)49-39-26-12-8-22-35(39)33-20-6-4-18-31(33)32-19-5-7-21-34(32)36-23-9-13-27-40(36)49/h1-29H/i4D,5D,6D,7D,8D,9D,12D,13D,18D,19D,20D,21D,22D,23D,26D,27D. The molecule has 0 aliphatic heterocycles. The van der Waals surface area contributed by atoms with Crippen LogP contribution in [0.15, 0.2) is 176 Å². The van der Waals surface area contributed by atoms with E-state index in [-0.39, 0.29) is 11.8 Å². The quantitative estimate of drug-likeness (QED) is 0.190. The van der Waals surface area contributed by atoms with Crippen LogP contribution in [0, 0.1) is 0 Å². The molecule has 0 spiro atoms. The fourth-order valence-corrected chi connectivity index (χ4v) is 6.40. The lowest BCUT2D eigenvalue weighted by Crippen LogP contribution is -2.11. The molecule has 3 aromatic heterocycles. The number of rotatable bonds is 3. The summed E-state index contributed by atoms with van der Waals surface area (Å²) in [5.74, 6) is -0.553. The highest BCUT2D eigenvalue weighted by Gasteiger charge is 2.19. The first kappa shape index (κ1) is 16.5. The highest BCUT2D eigenvalue weighted by Crippen LogP contribution is 2.35. The smallest absolute Gasteiger partial charge is 0.240 e. The molecule has 5 nitrogen and oxygen atoms in total. The van der Waals surface area contributed by atoms with Crippen molar-refractivity contribution in [3.8, 4) is 23.3 Å². The Morgan fingerprint density at radius 1 is 0.340 bits per heavy atom. The summed E-state index contributed by atoms with van der Waals surface area (Å²) in [6, 6.07) is 9.82. The Balaban J connectivity index is 1.65. The molecule has 5 heteroatoms. The van der Waals surface area contributed by atoms with Crippen LogP contribution >= 0.6 is 0 Å². The molecule has 0 amide bonds. The predicted octanol–water partition coefficient (Wildman–Crippen LogP) is 11.2. The molecule has 0 atom stereocenters. The molecule has 0 fully saturated rings. The number of fused-ring (bicyclic) bond motifs is 10. The number of nitrogens with zero attached hydrogens (tertiary/aromatic N) is 5. The molecule has 0 aliphatic rings. The molecule has 0 aliphatic carbocycles. The highest BCUT2D eigenvalue weighted by molar-refractivity contribution is 6.19. The minimum atomic E-state index is -0.855. The summed E-state index contributed by atoms with van der Waals surface area (Å²) in [7, 11) is 0. The van der Waals surface area contributed by atoms with Crippen LogP contribution in [-0.2, 0) is 0 Å². The van der Waals surface area contributed by atoms with Crippen LogP contribution in [0.1, 0.15) is 21.9 Å². The van der Waals surface area contributed by atoms with Gasteiger partial charge in [0.1, 0.15) is 0 Å². The van der Waals surface area contributed by atoms with E-state index in [1.54, 1.807) is 34.9 Å². The van der Waals surface area contributed by atoms with Gasteiger partial charge in [0.15, 0.2) is 5.82 Å². The zero-order chi connectivity index (χ0) is 46.9. The average molecular weight is 656 g/mol. The summed E-state index contributed by atoms with van der Waals surface area (Å²) in [6.45, 7) is 0. The maximum absolute atomic E-state index is 9.67. The number of hydrogen-bond acceptors (Lipinski definition) is 3. The fraction of sp³-hybridized carbons (Fsp3) is 0. The van der Waals surface area contributed by atoms with Gasteiger partial charge in [0.05, 0.1) is 44.0 Å². The highest BCUT2D eigenvalue weighted by atomic mass is 15.3. The predicted molar refractivity (Wildman–Crippen MR) is 207 cm³/mol. The van der Waals surface area contributed by atoms with E-state index in [2.05, 4.69) is 0 Å². The third-order valence-electron chi connectivity index (χ3n) is 8.53. The normalized spacial score (nSPS) is 16.1. The largest absolute Gasteiger partial charge is 0.278 e. The molecule has 3 heterocycles. The molecule has 0 unspecified atom stereocenters. The van der Waals surface area contributed by atoms with Gasteiger partial charge in [-0.1, -0.05) is 151 Å².